The van der Waals surface area contributed by atoms with E-state index < -0.39 is 0 Å². The van der Waals surface area contributed by atoms with Gasteiger partial charge in [-0.05, 0) is 26.0 Å². The van der Waals surface area contributed by atoms with Crippen molar-refractivity contribution in [2.45, 2.75) is 13.8 Å². The molecule has 0 aliphatic rings. The molecular formula is C14H15N3. The molecule has 86 valence electrons. The number of hydrogen-bond acceptors (Lipinski definition) is 3. The molecule has 1 aromatic carbocycles. The maximum atomic E-state index is 9.20. The van der Waals surface area contributed by atoms with Crippen molar-refractivity contribution >= 4 is 16.7 Å². The van der Waals surface area contributed by atoms with E-state index in [4.69, 9.17) is 0 Å². The molecule has 0 fully saturated rings. The third kappa shape index (κ3) is 2.07. The number of rotatable bonds is 3. The molecule has 0 aliphatic heterocycles. The Bertz CT molecular complexity index is 565. The summed E-state index contributed by atoms with van der Waals surface area (Å²) >= 11 is 0. The number of anilines is 1. The standard InChI is InChI=1S/C14H15N3/c1-3-17(4-2)14-12(10-15)9-11-7-5-6-8-13(11)16-14/h5-9H,3-4H2,1-2H3. The minimum atomic E-state index is 0.646. The lowest BCUT2D eigenvalue weighted by atomic mass is 10.1. The molecule has 1 heterocycles. The summed E-state index contributed by atoms with van der Waals surface area (Å²) in [4.78, 5) is 6.69. The second kappa shape index (κ2) is 4.84. The van der Waals surface area contributed by atoms with Gasteiger partial charge in [0.15, 0.2) is 0 Å². The van der Waals surface area contributed by atoms with E-state index in [2.05, 4.69) is 29.8 Å². The van der Waals surface area contributed by atoms with E-state index in [1.54, 1.807) is 0 Å². The molecule has 1 aromatic heterocycles. The van der Waals surface area contributed by atoms with E-state index in [-0.39, 0.29) is 0 Å². The summed E-state index contributed by atoms with van der Waals surface area (Å²) in [5, 5.41) is 10.2. The molecule has 3 nitrogen and oxygen atoms in total. The largest absolute Gasteiger partial charge is 0.356 e. The number of pyridine rings is 1. The van der Waals surface area contributed by atoms with E-state index in [0.29, 0.717) is 5.56 Å². The molecule has 0 spiro atoms. The van der Waals surface area contributed by atoms with Crippen LogP contribution in [0.25, 0.3) is 10.9 Å². The first-order valence-electron chi connectivity index (χ1n) is 5.85. The molecule has 17 heavy (non-hydrogen) atoms. The zero-order valence-corrected chi connectivity index (χ0v) is 10.1. The number of hydrogen-bond donors (Lipinski definition) is 0. The lowest BCUT2D eigenvalue weighted by Gasteiger charge is -2.21. The molecule has 0 aliphatic carbocycles. The van der Waals surface area contributed by atoms with E-state index in [9.17, 15) is 5.26 Å². The molecule has 0 N–H and O–H groups in total. The molecule has 0 atom stereocenters. The number of para-hydroxylation sites is 1. The molecule has 0 radical (unpaired) electrons. The van der Waals surface area contributed by atoms with Crippen molar-refractivity contribution in [3.63, 3.8) is 0 Å². The summed E-state index contributed by atoms with van der Waals surface area (Å²) in [5.74, 6) is 0.788. The van der Waals surface area contributed by atoms with Gasteiger partial charge >= 0.3 is 0 Å². The molecule has 0 bridgehead atoms. The molecule has 0 unspecified atom stereocenters. The summed E-state index contributed by atoms with van der Waals surface area (Å²) in [6, 6.07) is 12.0. The Balaban J connectivity index is 2.65. The zero-order valence-electron chi connectivity index (χ0n) is 10.1. The van der Waals surface area contributed by atoms with Crippen molar-refractivity contribution in [2.75, 3.05) is 18.0 Å². The summed E-state index contributed by atoms with van der Waals surface area (Å²) < 4.78 is 0. The number of nitrogens with zero attached hydrogens (tertiary/aromatic N) is 3. The van der Waals surface area contributed by atoms with Gasteiger partial charge < -0.3 is 4.90 Å². The molecule has 2 aromatic rings. The van der Waals surface area contributed by atoms with Crippen molar-refractivity contribution in [2.24, 2.45) is 0 Å². The molecule has 3 heteroatoms. The van der Waals surface area contributed by atoms with Crippen LogP contribution >= 0.6 is 0 Å². The van der Waals surface area contributed by atoms with Crippen molar-refractivity contribution in [3.8, 4) is 6.07 Å². The third-order valence-corrected chi connectivity index (χ3v) is 2.89. The fourth-order valence-electron chi connectivity index (χ4n) is 1.95. The van der Waals surface area contributed by atoms with Crippen molar-refractivity contribution < 1.29 is 0 Å². The molecule has 0 amide bonds. The van der Waals surface area contributed by atoms with Crippen LogP contribution in [0.5, 0.6) is 0 Å². The average molecular weight is 225 g/mol. The lowest BCUT2D eigenvalue weighted by Crippen LogP contribution is -2.24. The first kappa shape index (κ1) is 11.4. The number of nitriles is 1. The van der Waals surface area contributed by atoms with E-state index in [1.807, 2.05) is 30.3 Å². The van der Waals surface area contributed by atoms with Gasteiger partial charge in [-0.25, -0.2) is 4.98 Å². The van der Waals surface area contributed by atoms with Gasteiger partial charge in [-0.15, -0.1) is 0 Å². The van der Waals surface area contributed by atoms with E-state index >= 15 is 0 Å². The highest BCUT2D eigenvalue weighted by Crippen LogP contribution is 2.22. The SMILES string of the molecule is CCN(CC)c1nc2ccccc2cc1C#N. The van der Waals surface area contributed by atoms with Crippen LogP contribution in [-0.2, 0) is 0 Å². The van der Waals surface area contributed by atoms with Crippen LogP contribution in [0.4, 0.5) is 5.82 Å². The van der Waals surface area contributed by atoms with Gasteiger partial charge in [-0.1, -0.05) is 18.2 Å². The number of aromatic nitrogens is 1. The van der Waals surface area contributed by atoms with Crippen molar-refractivity contribution in [3.05, 3.63) is 35.9 Å². The highest BCUT2D eigenvalue weighted by Gasteiger charge is 2.11. The van der Waals surface area contributed by atoms with E-state index in [0.717, 1.165) is 29.8 Å². The zero-order chi connectivity index (χ0) is 12.3. The summed E-state index contributed by atoms with van der Waals surface area (Å²) in [6.07, 6.45) is 0. The molecular weight excluding hydrogens is 210 g/mol. The second-order valence-corrected chi connectivity index (χ2v) is 3.84. The van der Waals surface area contributed by atoms with Gasteiger partial charge in [-0.3, -0.25) is 0 Å². The van der Waals surface area contributed by atoms with Crippen LogP contribution < -0.4 is 4.90 Å². The van der Waals surface area contributed by atoms with Crippen LogP contribution in [-0.4, -0.2) is 18.1 Å². The first-order valence-corrected chi connectivity index (χ1v) is 5.85. The van der Waals surface area contributed by atoms with Gasteiger partial charge in [0.2, 0.25) is 0 Å². The molecule has 0 saturated carbocycles. The second-order valence-electron chi connectivity index (χ2n) is 3.84. The fraction of sp³-hybridized carbons (Fsp3) is 0.286. The minimum absolute atomic E-state index is 0.646. The van der Waals surface area contributed by atoms with Gasteiger partial charge in [-0.2, -0.15) is 5.26 Å². The smallest absolute Gasteiger partial charge is 0.147 e. The normalized spacial score (nSPS) is 10.2. The van der Waals surface area contributed by atoms with Crippen LogP contribution in [0, 0.1) is 11.3 Å². The Morgan fingerprint density at radius 1 is 1.24 bits per heavy atom. The summed E-state index contributed by atoms with van der Waals surface area (Å²) in [6.45, 7) is 5.86. The van der Waals surface area contributed by atoms with Gasteiger partial charge in [0.05, 0.1) is 11.1 Å². The molecule has 2 rings (SSSR count). The van der Waals surface area contributed by atoms with Crippen molar-refractivity contribution in [1.29, 1.82) is 5.26 Å². The topological polar surface area (TPSA) is 39.9 Å². The van der Waals surface area contributed by atoms with Gasteiger partial charge in [0.1, 0.15) is 11.9 Å². The predicted octanol–water partition coefficient (Wildman–Crippen LogP) is 2.95. The van der Waals surface area contributed by atoms with E-state index in [1.165, 1.54) is 0 Å². The molecule has 0 saturated heterocycles. The first-order chi connectivity index (χ1) is 8.30. The van der Waals surface area contributed by atoms with Gasteiger partial charge in [0.25, 0.3) is 0 Å². The Hall–Kier alpha value is -2.08. The lowest BCUT2D eigenvalue weighted by molar-refractivity contribution is 0.847. The summed E-state index contributed by atoms with van der Waals surface area (Å²) in [7, 11) is 0. The van der Waals surface area contributed by atoms with Gasteiger partial charge in [0, 0.05) is 18.5 Å². The Kier molecular flexibility index (Phi) is 3.24. The highest BCUT2D eigenvalue weighted by atomic mass is 15.2. The minimum Gasteiger partial charge on any atom is -0.356 e. The van der Waals surface area contributed by atoms with Crippen LogP contribution in [0.15, 0.2) is 30.3 Å². The Labute approximate surface area is 101 Å². The quantitative estimate of drug-likeness (QED) is 0.806. The maximum absolute atomic E-state index is 9.20. The van der Waals surface area contributed by atoms with Crippen LogP contribution in [0.3, 0.4) is 0 Å². The predicted molar refractivity (Wildman–Crippen MR) is 70.0 cm³/mol. The van der Waals surface area contributed by atoms with Crippen LogP contribution in [0.2, 0.25) is 0 Å². The Morgan fingerprint density at radius 3 is 2.59 bits per heavy atom. The number of benzene rings is 1. The Morgan fingerprint density at radius 2 is 1.94 bits per heavy atom. The maximum Gasteiger partial charge on any atom is 0.147 e. The highest BCUT2D eigenvalue weighted by molar-refractivity contribution is 5.83. The van der Waals surface area contributed by atoms with Crippen LogP contribution in [0.1, 0.15) is 19.4 Å². The van der Waals surface area contributed by atoms with Crippen molar-refractivity contribution in [1.82, 2.24) is 4.98 Å². The fourth-order valence-corrected chi connectivity index (χ4v) is 1.95. The third-order valence-electron chi connectivity index (χ3n) is 2.89. The summed E-state index contributed by atoms with van der Waals surface area (Å²) in [5.41, 5.74) is 1.58. The number of fused-ring (bicyclic) bond motifs is 1. The monoisotopic (exact) mass is 225 g/mol. The average Bonchev–Trinajstić information content (AvgIpc) is 2.39.